The van der Waals surface area contributed by atoms with Crippen molar-refractivity contribution in [1.29, 1.82) is 0 Å². The first-order valence-electron chi connectivity index (χ1n) is 8.88. The third-order valence-electron chi connectivity index (χ3n) is 4.15. The number of methoxy groups -OCH3 is 1. The van der Waals surface area contributed by atoms with Crippen molar-refractivity contribution in [2.24, 2.45) is 5.73 Å². The Labute approximate surface area is 176 Å². The van der Waals surface area contributed by atoms with Gasteiger partial charge in [-0.3, -0.25) is 4.79 Å². The van der Waals surface area contributed by atoms with Crippen molar-refractivity contribution >= 4 is 17.5 Å². The average Bonchev–Trinajstić information content (AvgIpc) is 2.72. The maximum absolute atomic E-state index is 11.9. The van der Waals surface area contributed by atoms with Crippen LogP contribution in [0.4, 0.5) is 0 Å². The molecule has 0 fully saturated rings. The van der Waals surface area contributed by atoms with Gasteiger partial charge in [-0.1, -0.05) is 35.6 Å². The first-order chi connectivity index (χ1) is 14.0. The van der Waals surface area contributed by atoms with Gasteiger partial charge in [0.25, 0.3) is 5.91 Å². The SMILES string of the molecule is C#CCOc1ccc(CCc2cc(Cl)ccc2C(OC#CC)C(N)=O)cc1OC. The van der Waals surface area contributed by atoms with E-state index in [9.17, 15) is 4.79 Å². The van der Waals surface area contributed by atoms with Gasteiger partial charge in [-0.2, -0.15) is 0 Å². The number of benzene rings is 2. The molecule has 0 aliphatic heterocycles. The number of hydrogen-bond acceptors (Lipinski definition) is 4. The Morgan fingerprint density at radius 3 is 2.66 bits per heavy atom. The van der Waals surface area contributed by atoms with Crippen LogP contribution in [0.1, 0.15) is 29.7 Å². The third kappa shape index (κ3) is 6.10. The van der Waals surface area contributed by atoms with Crippen molar-refractivity contribution in [3.63, 3.8) is 0 Å². The molecular formula is C23H22ClNO4. The van der Waals surface area contributed by atoms with E-state index in [0.29, 0.717) is 34.9 Å². The van der Waals surface area contributed by atoms with Gasteiger partial charge in [0.15, 0.2) is 11.5 Å². The van der Waals surface area contributed by atoms with Crippen LogP contribution in [0, 0.1) is 24.4 Å². The molecule has 2 rings (SSSR count). The number of rotatable bonds is 9. The summed E-state index contributed by atoms with van der Waals surface area (Å²) in [5, 5.41) is 0.559. The van der Waals surface area contributed by atoms with Gasteiger partial charge in [0, 0.05) is 17.5 Å². The lowest BCUT2D eigenvalue weighted by molar-refractivity contribution is -0.126. The average molecular weight is 412 g/mol. The third-order valence-corrected chi connectivity index (χ3v) is 4.38. The fourth-order valence-electron chi connectivity index (χ4n) is 2.82. The lowest BCUT2D eigenvalue weighted by Crippen LogP contribution is -2.23. The molecule has 29 heavy (non-hydrogen) atoms. The molecule has 5 nitrogen and oxygen atoms in total. The molecule has 1 amide bonds. The first kappa shape index (κ1) is 22.0. The number of primary amides is 1. The van der Waals surface area contributed by atoms with Crippen LogP contribution >= 0.6 is 11.6 Å². The normalized spacial score (nSPS) is 10.8. The van der Waals surface area contributed by atoms with Gasteiger partial charge in [0.1, 0.15) is 12.7 Å². The summed E-state index contributed by atoms with van der Waals surface area (Å²) in [6.45, 7) is 1.78. The summed E-state index contributed by atoms with van der Waals surface area (Å²) in [7, 11) is 1.57. The molecule has 150 valence electrons. The van der Waals surface area contributed by atoms with E-state index in [1.165, 1.54) is 0 Å². The van der Waals surface area contributed by atoms with Crippen LogP contribution in [0.15, 0.2) is 36.4 Å². The maximum Gasteiger partial charge on any atom is 0.264 e. The van der Waals surface area contributed by atoms with Crippen LogP contribution in [0.25, 0.3) is 0 Å². The molecular weight excluding hydrogens is 390 g/mol. The van der Waals surface area contributed by atoms with E-state index in [4.69, 9.17) is 38.0 Å². The Hall–Kier alpha value is -3.28. The van der Waals surface area contributed by atoms with E-state index in [2.05, 4.69) is 17.9 Å². The molecule has 0 aromatic heterocycles. The van der Waals surface area contributed by atoms with Gasteiger partial charge < -0.3 is 19.9 Å². The molecule has 2 N–H and O–H groups in total. The number of carbonyl (C=O) groups is 1. The van der Waals surface area contributed by atoms with Gasteiger partial charge in [0.2, 0.25) is 6.10 Å². The zero-order valence-electron chi connectivity index (χ0n) is 16.3. The second kappa shape index (κ2) is 10.9. The van der Waals surface area contributed by atoms with Crippen LogP contribution in [0.2, 0.25) is 5.02 Å². The number of terminal acetylenes is 1. The Balaban J connectivity index is 2.26. The second-order valence-electron chi connectivity index (χ2n) is 6.07. The fraction of sp³-hybridized carbons (Fsp3) is 0.261. The largest absolute Gasteiger partial charge is 0.493 e. The van der Waals surface area contributed by atoms with Gasteiger partial charge in [-0.05, 0) is 48.2 Å². The number of halogens is 1. The van der Waals surface area contributed by atoms with Gasteiger partial charge in [0.05, 0.1) is 7.11 Å². The minimum atomic E-state index is -0.969. The summed E-state index contributed by atoms with van der Waals surface area (Å²) >= 11 is 6.17. The van der Waals surface area contributed by atoms with E-state index < -0.39 is 12.0 Å². The van der Waals surface area contributed by atoms with Crippen molar-refractivity contribution in [2.75, 3.05) is 13.7 Å². The zero-order chi connectivity index (χ0) is 21.2. The lowest BCUT2D eigenvalue weighted by Gasteiger charge is -2.17. The summed E-state index contributed by atoms with van der Waals surface area (Å²) in [5.74, 6) is 5.59. The monoisotopic (exact) mass is 411 g/mol. The Morgan fingerprint density at radius 1 is 1.21 bits per heavy atom. The smallest absolute Gasteiger partial charge is 0.264 e. The van der Waals surface area contributed by atoms with E-state index in [-0.39, 0.29) is 6.61 Å². The molecule has 0 aliphatic rings. The number of amides is 1. The quantitative estimate of drug-likeness (QED) is 0.639. The molecule has 0 saturated carbocycles. The van der Waals surface area contributed by atoms with Crippen molar-refractivity contribution in [1.82, 2.24) is 0 Å². The topological polar surface area (TPSA) is 70.8 Å². The summed E-state index contributed by atoms with van der Waals surface area (Å²) in [5.41, 5.74) is 8.02. The molecule has 0 saturated heterocycles. The number of aryl methyl sites for hydroxylation is 2. The molecule has 2 aromatic carbocycles. The molecule has 0 bridgehead atoms. The fourth-order valence-corrected chi connectivity index (χ4v) is 3.02. The number of ether oxygens (including phenoxy) is 3. The molecule has 0 aliphatic carbocycles. The highest BCUT2D eigenvalue weighted by molar-refractivity contribution is 6.30. The van der Waals surface area contributed by atoms with Crippen molar-refractivity contribution in [2.45, 2.75) is 25.9 Å². The molecule has 1 unspecified atom stereocenters. The standard InChI is InChI=1S/C23H22ClNO4/c1-4-12-28-20-11-7-16(14-21(20)27-3)6-8-17-15-18(24)9-10-19(17)22(23(25)26)29-13-5-2/h1,7,9-11,14-15,22H,6,8,12H2,2-3H3,(H2,25,26). The van der Waals surface area contributed by atoms with Gasteiger partial charge in [-0.15, -0.1) is 6.42 Å². The molecule has 0 heterocycles. The van der Waals surface area contributed by atoms with Gasteiger partial charge in [-0.25, -0.2) is 0 Å². The minimum absolute atomic E-state index is 0.163. The summed E-state index contributed by atoms with van der Waals surface area (Å²) in [6, 6.07) is 10.9. The second-order valence-corrected chi connectivity index (χ2v) is 6.51. The first-order valence-corrected chi connectivity index (χ1v) is 9.26. The number of carbonyl (C=O) groups excluding carboxylic acids is 1. The van der Waals surface area contributed by atoms with Gasteiger partial charge >= 0.3 is 0 Å². The highest BCUT2D eigenvalue weighted by Gasteiger charge is 2.22. The molecule has 2 aromatic rings. The van der Waals surface area contributed by atoms with Crippen LogP contribution in [-0.4, -0.2) is 19.6 Å². The molecule has 1 atom stereocenters. The van der Waals surface area contributed by atoms with Crippen molar-refractivity contribution in [3.8, 4) is 35.9 Å². The molecule has 6 heteroatoms. The minimum Gasteiger partial charge on any atom is -0.493 e. The summed E-state index contributed by atoms with van der Waals surface area (Å²) in [6.07, 6.45) is 8.00. The Morgan fingerprint density at radius 2 is 2.00 bits per heavy atom. The van der Waals surface area contributed by atoms with Crippen LogP contribution in [-0.2, 0) is 22.4 Å². The maximum atomic E-state index is 11.9. The van der Waals surface area contributed by atoms with Crippen molar-refractivity contribution in [3.05, 3.63) is 58.1 Å². The lowest BCUT2D eigenvalue weighted by atomic mass is 9.96. The van der Waals surface area contributed by atoms with Crippen LogP contribution < -0.4 is 15.2 Å². The van der Waals surface area contributed by atoms with E-state index in [1.54, 1.807) is 32.2 Å². The summed E-state index contributed by atoms with van der Waals surface area (Å²) in [4.78, 5) is 11.9. The number of hydrogen-bond donors (Lipinski definition) is 1. The van der Waals surface area contributed by atoms with E-state index >= 15 is 0 Å². The van der Waals surface area contributed by atoms with Crippen LogP contribution in [0.5, 0.6) is 11.5 Å². The zero-order valence-corrected chi connectivity index (χ0v) is 17.1. The predicted molar refractivity (Wildman–Crippen MR) is 113 cm³/mol. The Kier molecular flexibility index (Phi) is 8.27. The van der Waals surface area contributed by atoms with E-state index in [0.717, 1.165) is 11.1 Å². The van der Waals surface area contributed by atoms with Crippen molar-refractivity contribution < 1.29 is 19.0 Å². The highest BCUT2D eigenvalue weighted by Crippen LogP contribution is 2.30. The Bertz CT molecular complexity index is 969. The van der Waals surface area contributed by atoms with Crippen LogP contribution in [0.3, 0.4) is 0 Å². The highest BCUT2D eigenvalue weighted by atomic mass is 35.5. The predicted octanol–water partition coefficient (Wildman–Crippen LogP) is 3.67. The molecule has 0 spiro atoms. The summed E-state index contributed by atoms with van der Waals surface area (Å²) < 4.78 is 16.2. The van der Waals surface area contributed by atoms with E-state index in [1.807, 2.05) is 18.2 Å². The molecule has 0 radical (unpaired) electrons. The number of nitrogens with two attached hydrogens (primary N) is 1.